The van der Waals surface area contributed by atoms with Crippen LogP contribution in [0.15, 0.2) is 24.4 Å². The molecule has 132 valence electrons. The normalized spacial score (nSPS) is 15.9. The van der Waals surface area contributed by atoms with Gasteiger partial charge in [0.05, 0.1) is 18.3 Å². The molecule has 1 fully saturated rings. The highest BCUT2D eigenvalue weighted by Gasteiger charge is 2.23. The van der Waals surface area contributed by atoms with Crippen LogP contribution in [0.4, 0.5) is 0 Å². The molecule has 0 spiro atoms. The second-order valence-corrected chi connectivity index (χ2v) is 6.28. The summed E-state index contributed by atoms with van der Waals surface area (Å²) in [6, 6.07) is 5.64. The van der Waals surface area contributed by atoms with Gasteiger partial charge in [-0.3, -0.25) is 14.6 Å². The number of carbonyl (C=O) groups is 2. The van der Waals surface area contributed by atoms with Gasteiger partial charge in [0.2, 0.25) is 11.8 Å². The van der Waals surface area contributed by atoms with Gasteiger partial charge in [-0.05, 0) is 25.0 Å². The van der Waals surface area contributed by atoms with E-state index in [0.717, 1.165) is 18.5 Å². The zero-order chi connectivity index (χ0) is 17.4. The summed E-state index contributed by atoms with van der Waals surface area (Å²) in [5.41, 5.74) is 0.783. The second-order valence-electron chi connectivity index (χ2n) is 6.28. The van der Waals surface area contributed by atoms with Crippen LogP contribution < -0.4 is 5.32 Å². The molecule has 0 radical (unpaired) electrons. The Bertz CT molecular complexity index is 530. The van der Waals surface area contributed by atoms with Crippen molar-refractivity contribution in [1.29, 1.82) is 0 Å². The number of ether oxygens (including phenoxy) is 1. The van der Waals surface area contributed by atoms with Gasteiger partial charge in [-0.15, -0.1) is 0 Å². The highest BCUT2D eigenvalue weighted by molar-refractivity contribution is 5.84. The molecule has 1 atom stereocenters. The van der Waals surface area contributed by atoms with E-state index in [-0.39, 0.29) is 30.7 Å². The molecule has 1 aromatic heterocycles. The number of pyridine rings is 1. The molecule has 24 heavy (non-hydrogen) atoms. The van der Waals surface area contributed by atoms with Crippen LogP contribution in [0.25, 0.3) is 0 Å². The van der Waals surface area contributed by atoms with Crippen molar-refractivity contribution in [3.05, 3.63) is 30.1 Å². The molecule has 1 aromatic rings. The fourth-order valence-electron chi connectivity index (χ4n) is 3.07. The summed E-state index contributed by atoms with van der Waals surface area (Å²) in [6.45, 7) is 0.369. The third kappa shape index (κ3) is 5.30. The maximum Gasteiger partial charge on any atom is 0.223 e. The first-order valence-electron chi connectivity index (χ1n) is 8.56. The highest BCUT2D eigenvalue weighted by Crippen LogP contribution is 2.19. The van der Waals surface area contributed by atoms with Crippen molar-refractivity contribution in [2.24, 2.45) is 0 Å². The molecule has 1 N–H and O–H groups in total. The quantitative estimate of drug-likeness (QED) is 0.790. The topological polar surface area (TPSA) is 71.5 Å². The van der Waals surface area contributed by atoms with E-state index in [4.69, 9.17) is 4.74 Å². The second kappa shape index (κ2) is 9.37. The molecule has 2 amide bonds. The van der Waals surface area contributed by atoms with Gasteiger partial charge in [0, 0.05) is 39.2 Å². The number of amides is 2. The van der Waals surface area contributed by atoms with Crippen molar-refractivity contribution in [1.82, 2.24) is 15.2 Å². The van der Waals surface area contributed by atoms with E-state index < -0.39 is 0 Å². The maximum absolute atomic E-state index is 12.4. The Morgan fingerprint density at radius 2 is 2.08 bits per heavy atom. The van der Waals surface area contributed by atoms with Crippen LogP contribution in [0.3, 0.4) is 0 Å². The summed E-state index contributed by atoms with van der Waals surface area (Å²) in [5, 5.41) is 3.01. The van der Waals surface area contributed by atoms with E-state index in [9.17, 15) is 9.59 Å². The summed E-state index contributed by atoms with van der Waals surface area (Å²) in [4.78, 5) is 30.3. The van der Waals surface area contributed by atoms with Crippen LogP contribution in [-0.2, 0) is 14.3 Å². The molecule has 1 saturated carbocycles. The predicted molar refractivity (Wildman–Crippen MR) is 91.3 cm³/mol. The number of hydrogen-bond donors (Lipinski definition) is 1. The first kappa shape index (κ1) is 18.4. The fourth-order valence-corrected chi connectivity index (χ4v) is 3.07. The summed E-state index contributed by atoms with van der Waals surface area (Å²) in [6.07, 6.45) is 6.57. The molecule has 1 aliphatic rings. The van der Waals surface area contributed by atoms with Gasteiger partial charge >= 0.3 is 0 Å². The minimum atomic E-state index is -0.249. The molecular weight excluding hydrogens is 306 g/mol. The number of nitrogens with zero attached hydrogens (tertiary/aromatic N) is 2. The Morgan fingerprint density at radius 1 is 1.33 bits per heavy atom. The average molecular weight is 333 g/mol. The van der Waals surface area contributed by atoms with E-state index >= 15 is 0 Å². The summed E-state index contributed by atoms with van der Waals surface area (Å²) in [5.74, 6) is -0.117. The third-order valence-electron chi connectivity index (χ3n) is 4.50. The number of aromatic nitrogens is 1. The molecule has 2 rings (SSSR count). The van der Waals surface area contributed by atoms with Crippen molar-refractivity contribution in [2.75, 3.05) is 20.8 Å². The SMILES string of the molecule is COC[C@H](c1ccccn1)N(C)C(=O)CCC(=O)NC1CCCC1. The first-order valence-corrected chi connectivity index (χ1v) is 8.56. The zero-order valence-electron chi connectivity index (χ0n) is 14.5. The smallest absolute Gasteiger partial charge is 0.223 e. The van der Waals surface area contributed by atoms with Crippen molar-refractivity contribution >= 4 is 11.8 Å². The van der Waals surface area contributed by atoms with Gasteiger partial charge in [0.25, 0.3) is 0 Å². The van der Waals surface area contributed by atoms with Crippen molar-refractivity contribution < 1.29 is 14.3 Å². The lowest BCUT2D eigenvalue weighted by Crippen LogP contribution is -2.36. The lowest BCUT2D eigenvalue weighted by molar-refractivity contribution is -0.135. The van der Waals surface area contributed by atoms with Crippen LogP contribution in [-0.4, -0.2) is 48.5 Å². The summed E-state index contributed by atoms with van der Waals surface area (Å²) >= 11 is 0. The monoisotopic (exact) mass is 333 g/mol. The standard InChI is InChI=1S/C18H27N3O3/c1-21(16(13-24-2)15-9-5-6-12-19-15)18(23)11-10-17(22)20-14-7-3-4-8-14/h5-6,9,12,14,16H,3-4,7-8,10-11,13H2,1-2H3,(H,20,22)/t16-/m1/s1. The molecule has 0 aliphatic heterocycles. The molecule has 0 bridgehead atoms. The number of rotatable bonds is 8. The number of carbonyl (C=O) groups excluding carboxylic acids is 2. The lowest BCUT2D eigenvalue weighted by Gasteiger charge is -2.27. The number of hydrogen-bond acceptors (Lipinski definition) is 4. The Hall–Kier alpha value is -1.95. The van der Waals surface area contributed by atoms with Gasteiger partial charge in [0.15, 0.2) is 0 Å². The zero-order valence-corrected chi connectivity index (χ0v) is 14.5. The van der Waals surface area contributed by atoms with Crippen LogP contribution in [0.2, 0.25) is 0 Å². The molecule has 6 nitrogen and oxygen atoms in total. The summed E-state index contributed by atoms with van der Waals surface area (Å²) in [7, 11) is 3.33. The van der Waals surface area contributed by atoms with Crippen LogP contribution in [0.5, 0.6) is 0 Å². The lowest BCUT2D eigenvalue weighted by atomic mass is 10.1. The minimum Gasteiger partial charge on any atom is -0.382 e. The van der Waals surface area contributed by atoms with E-state index in [1.807, 2.05) is 18.2 Å². The third-order valence-corrected chi connectivity index (χ3v) is 4.50. The number of likely N-dealkylation sites (N-methyl/N-ethyl adjacent to an activating group) is 1. The van der Waals surface area contributed by atoms with Gasteiger partial charge in [-0.2, -0.15) is 0 Å². The molecular formula is C18H27N3O3. The Morgan fingerprint density at radius 3 is 2.71 bits per heavy atom. The molecule has 6 heteroatoms. The van der Waals surface area contributed by atoms with E-state index in [1.54, 1.807) is 25.3 Å². The minimum absolute atomic E-state index is 0.0372. The summed E-state index contributed by atoms with van der Waals surface area (Å²) < 4.78 is 5.23. The first-order chi connectivity index (χ1) is 11.6. The van der Waals surface area contributed by atoms with Crippen molar-refractivity contribution in [2.45, 2.75) is 50.6 Å². The van der Waals surface area contributed by atoms with E-state index in [0.29, 0.717) is 12.6 Å². The Labute approximate surface area is 143 Å². The predicted octanol–water partition coefficient (Wildman–Crippen LogP) is 2.07. The highest BCUT2D eigenvalue weighted by atomic mass is 16.5. The van der Waals surface area contributed by atoms with E-state index in [1.165, 1.54) is 12.8 Å². The Balaban J connectivity index is 1.85. The molecule has 0 aromatic carbocycles. The van der Waals surface area contributed by atoms with Crippen molar-refractivity contribution in [3.8, 4) is 0 Å². The van der Waals surface area contributed by atoms with E-state index in [2.05, 4.69) is 10.3 Å². The largest absolute Gasteiger partial charge is 0.382 e. The molecule has 0 saturated heterocycles. The van der Waals surface area contributed by atoms with Gasteiger partial charge in [-0.25, -0.2) is 0 Å². The maximum atomic E-state index is 12.4. The Kier molecular flexibility index (Phi) is 7.18. The van der Waals surface area contributed by atoms with Gasteiger partial charge in [-0.1, -0.05) is 18.9 Å². The molecule has 1 aliphatic carbocycles. The van der Waals surface area contributed by atoms with Crippen molar-refractivity contribution in [3.63, 3.8) is 0 Å². The van der Waals surface area contributed by atoms with Crippen LogP contribution >= 0.6 is 0 Å². The molecule has 0 unspecified atom stereocenters. The number of nitrogens with one attached hydrogen (secondary N) is 1. The van der Waals surface area contributed by atoms with Crippen LogP contribution in [0.1, 0.15) is 50.3 Å². The molecule has 1 heterocycles. The average Bonchev–Trinajstić information content (AvgIpc) is 3.10. The number of methoxy groups -OCH3 is 1. The van der Waals surface area contributed by atoms with Gasteiger partial charge < -0.3 is 15.0 Å². The fraction of sp³-hybridized carbons (Fsp3) is 0.611. The van der Waals surface area contributed by atoms with Gasteiger partial charge in [0.1, 0.15) is 0 Å². The van der Waals surface area contributed by atoms with Crippen LogP contribution in [0, 0.1) is 0 Å².